The van der Waals surface area contributed by atoms with Crippen molar-refractivity contribution in [2.75, 3.05) is 19.6 Å². The van der Waals surface area contributed by atoms with Crippen LogP contribution in [0.25, 0.3) is 0 Å². The highest BCUT2D eigenvalue weighted by atomic mass is 127. The highest BCUT2D eigenvalue weighted by molar-refractivity contribution is 14.0. The number of halogens is 1. The maximum atomic E-state index is 10.6. The van der Waals surface area contributed by atoms with E-state index in [9.17, 15) is 5.11 Å². The normalized spacial score (nSPS) is 14.3. The Labute approximate surface area is 173 Å². The number of rotatable bonds is 7. The van der Waals surface area contributed by atoms with Gasteiger partial charge >= 0.3 is 0 Å². The third kappa shape index (κ3) is 6.32. The number of guanidine groups is 1. The third-order valence-corrected chi connectivity index (χ3v) is 4.18. The molecular weight excluding hydrogens is 441 g/mol. The molecule has 2 rings (SSSR count). The van der Waals surface area contributed by atoms with Crippen LogP contribution in [0.4, 0.5) is 0 Å². The second kappa shape index (κ2) is 9.97. The van der Waals surface area contributed by atoms with Gasteiger partial charge in [-0.25, -0.2) is 0 Å². The molecule has 0 saturated carbocycles. The molecule has 2 aromatic rings. The SMILES string of the molecule is CCNC(=NCC(C)(C)c1ccccc1)NCC(C)(O)c1ccco1.I. The van der Waals surface area contributed by atoms with Crippen molar-refractivity contribution >= 4 is 29.9 Å². The van der Waals surface area contributed by atoms with Gasteiger partial charge in [-0.3, -0.25) is 4.99 Å². The van der Waals surface area contributed by atoms with Gasteiger partial charge in [0.15, 0.2) is 5.96 Å². The van der Waals surface area contributed by atoms with Crippen LogP contribution in [0.3, 0.4) is 0 Å². The minimum Gasteiger partial charge on any atom is -0.466 e. The van der Waals surface area contributed by atoms with E-state index < -0.39 is 5.60 Å². The summed E-state index contributed by atoms with van der Waals surface area (Å²) in [6.45, 7) is 9.77. The number of aliphatic hydroxyl groups is 1. The van der Waals surface area contributed by atoms with Crippen molar-refractivity contribution in [2.45, 2.75) is 38.7 Å². The fraction of sp³-hybridized carbons (Fsp3) is 0.450. The van der Waals surface area contributed by atoms with Crippen LogP contribution in [0, 0.1) is 0 Å². The van der Waals surface area contributed by atoms with E-state index in [4.69, 9.17) is 9.41 Å². The second-order valence-corrected chi connectivity index (χ2v) is 7.05. The molecule has 0 aliphatic carbocycles. The van der Waals surface area contributed by atoms with Crippen LogP contribution in [0.15, 0.2) is 58.1 Å². The number of furan rings is 1. The first-order valence-corrected chi connectivity index (χ1v) is 8.69. The fourth-order valence-electron chi connectivity index (χ4n) is 2.53. The molecule has 1 unspecified atom stereocenters. The van der Waals surface area contributed by atoms with Crippen molar-refractivity contribution in [2.24, 2.45) is 4.99 Å². The number of nitrogens with zero attached hydrogens (tertiary/aromatic N) is 1. The van der Waals surface area contributed by atoms with Crippen molar-refractivity contribution < 1.29 is 9.52 Å². The van der Waals surface area contributed by atoms with Crippen LogP contribution >= 0.6 is 24.0 Å². The molecule has 0 aliphatic rings. The van der Waals surface area contributed by atoms with Crippen LogP contribution in [-0.2, 0) is 11.0 Å². The Hall–Kier alpha value is -1.54. The van der Waals surface area contributed by atoms with Crippen LogP contribution in [0.1, 0.15) is 39.0 Å². The van der Waals surface area contributed by atoms with Crippen LogP contribution in [0.5, 0.6) is 0 Å². The van der Waals surface area contributed by atoms with E-state index in [1.54, 1.807) is 25.3 Å². The first-order chi connectivity index (χ1) is 11.8. The summed E-state index contributed by atoms with van der Waals surface area (Å²) in [5.74, 6) is 1.21. The zero-order chi connectivity index (χ0) is 18.3. The highest BCUT2D eigenvalue weighted by Gasteiger charge is 2.26. The Morgan fingerprint density at radius 3 is 2.35 bits per heavy atom. The predicted molar refractivity (Wildman–Crippen MR) is 117 cm³/mol. The summed E-state index contributed by atoms with van der Waals surface area (Å²) in [6.07, 6.45) is 1.56. The second-order valence-electron chi connectivity index (χ2n) is 7.05. The first kappa shape index (κ1) is 22.5. The molecule has 1 aromatic carbocycles. The van der Waals surface area contributed by atoms with Gasteiger partial charge in [0, 0.05) is 12.0 Å². The lowest BCUT2D eigenvalue weighted by Gasteiger charge is -2.25. The molecular formula is C20H30IN3O2. The van der Waals surface area contributed by atoms with Crippen LogP contribution < -0.4 is 10.6 Å². The van der Waals surface area contributed by atoms with Gasteiger partial charge in [0.05, 0.1) is 19.4 Å². The highest BCUT2D eigenvalue weighted by Crippen LogP contribution is 2.23. The Kier molecular flexibility index (Phi) is 8.62. The van der Waals surface area contributed by atoms with E-state index in [-0.39, 0.29) is 29.4 Å². The first-order valence-electron chi connectivity index (χ1n) is 8.69. The summed E-state index contributed by atoms with van der Waals surface area (Å²) >= 11 is 0. The molecule has 0 fully saturated rings. The van der Waals surface area contributed by atoms with Gasteiger partial charge in [0.2, 0.25) is 0 Å². The lowest BCUT2D eigenvalue weighted by Crippen LogP contribution is -2.45. The van der Waals surface area contributed by atoms with E-state index in [2.05, 4.69) is 36.6 Å². The lowest BCUT2D eigenvalue weighted by atomic mass is 9.85. The van der Waals surface area contributed by atoms with Crippen molar-refractivity contribution in [3.63, 3.8) is 0 Å². The lowest BCUT2D eigenvalue weighted by molar-refractivity contribution is 0.0386. The number of hydrogen-bond acceptors (Lipinski definition) is 3. The number of aliphatic imine (C=N–C) groups is 1. The van der Waals surface area contributed by atoms with Gasteiger partial charge < -0.3 is 20.2 Å². The average molecular weight is 471 g/mol. The van der Waals surface area contributed by atoms with Crippen molar-refractivity contribution in [1.82, 2.24) is 10.6 Å². The molecule has 0 spiro atoms. The molecule has 1 atom stereocenters. The van der Waals surface area contributed by atoms with E-state index in [1.807, 2.05) is 25.1 Å². The molecule has 0 bridgehead atoms. The summed E-state index contributed by atoms with van der Waals surface area (Å²) in [7, 11) is 0. The molecule has 6 heteroatoms. The smallest absolute Gasteiger partial charge is 0.191 e. The van der Waals surface area contributed by atoms with Gasteiger partial charge in [0.1, 0.15) is 11.4 Å². The molecule has 0 amide bonds. The zero-order valence-electron chi connectivity index (χ0n) is 16.0. The number of hydrogen-bond donors (Lipinski definition) is 3. The summed E-state index contributed by atoms with van der Waals surface area (Å²) in [5.41, 5.74) is 0.0686. The fourth-order valence-corrected chi connectivity index (χ4v) is 2.53. The average Bonchev–Trinajstić information content (AvgIpc) is 3.14. The van der Waals surface area contributed by atoms with Crippen molar-refractivity contribution in [3.05, 3.63) is 60.1 Å². The molecule has 0 aliphatic heterocycles. The molecule has 0 radical (unpaired) electrons. The third-order valence-electron chi connectivity index (χ3n) is 4.18. The standard InChI is InChI=1S/C20H29N3O2.HI/c1-5-21-18(23-15-20(4,24)17-12-9-13-25-17)22-14-19(2,3)16-10-7-6-8-11-16;/h6-13,24H,5,14-15H2,1-4H3,(H2,21,22,23);1H. The van der Waals surface area contributed by atoms with Crippen molar-refractivity contribution in [1.29, 1.82) is 0 Å². The molecule has 5 nitrogen and oxygen atoms in total. The zero-order valence-corrected chi connectivity index (χ0v) is 18.3. The van der Waals surface area contributed by atoms with Crippen LogP contribution in [-0.4, -0.2) is 30.7 Å². The van der Waals surface area contributed by atoms with Gasteiger partial charge in [-0.05, 0) is 31.5 Å². The Morgan fingerprint density at radius 1 is 1.08 bits per heavy atom. The summed E-state index contributed by atoms with van der Waals surface area (Å²) < 4.78 is 5.31. The predicted octanol–water partition coefficient (Wildman–Crippen LogP) is 3.64. The molecule has 26 heavy (non-hydrogen) atoms. The minimum atomic E-state index is -1.10. The maximum absolute atomic E-state index is 10.6. The molecule has 144 valence electrons. The molecule has 1 aromatic heterocycles. The van der Waals surface area contributed by atoms with E-state index in [0.717, 1.165) is 6.54 Å². The van der Waals surface area contributed by atoms with Gasteiger partial charge in [0.25, 0.3) is 0 Å². The minimum absolute atomic E-state index is 0. The summed E-state index contributed by atoms with van der Waals surface area (Å²) in [5, 5.41) is 17.0. The van der Waals surface area contributed by atoms with Crippen molar-refractivity contribution in [3.8, 4) is 0 Å². The van der Waals surface area contributed by atoms with Gasteiger partial charge in [-0.15, -0.1) is 24.0 Å². The maximum Gasteiger partial charge on any atom is 0.191 e. The van der Waals surface area contributed by atoms with E-state index in [0.29, 0.717) is 24.8 Å². The molecule has 3 N–H and O–H groups in total. The number of nitrogens with one attached hydrogen (secondary N) is 2. The molecule has 1 heterocycles. The topological polar surface area (TPSA) is 69.8 Å². The monoisotopic (exact) mass is 471 g/mol. The van der Waals surface area contributed by atoms with Gasteiger partial charge in [-0.2, -0.15) is 0 Å². The molecule has 0 saturated heterocycles. The Balaban J connectivity index is 0.00000338. The van der Waals surface area contributed by atoms with Gasteiger partial charge in [-0.1, -0.05) is 44.2 Å². The van der Waals surface area contributed by atoms with E-state index in [1.165, 1.54) is 5.56 Å². The Bertz CT molecular complexity index is 668. The Morgan fingerprint density at radius 2 is 1.77 bits per heavy atom. The van der Waals surface area contributed by atoms with Crippen LogP contribution in [0.2, 0.25) is 0 Å². The quantitative estimate of drug-likeness (QED) is 0.328. The number of benzene rings is 1. The van der Waals surface area contributed by atoms with E-state index >= 15 is 0 Å². The summed E-state index contributed by atoms with van der Waals surface area (Å²) in [4.78, 5) is 4.70. The largest absolute Gasteiger partial charge is 0.466 e. The summed E-state index contributed by atoms with van der Waals surface area (Å²) in [6, 6.07) is 13.9.